The molecule has 0 atom stereocenters. The molecule has 1 aromatic heterocycles. The highest BCUT2D eigenvalue weighted by atomic mass is 79.9. The minimum Gasteiger partial charge on any atom is -0.310 e. The van der Waals surface area contributed by atoms with Gasteiger partial charge in [-0.3, -0.25) is 0 Å². The molecule has 0 bridgehead atoms. The van der Waals surface area contributed by atoms with Crippen molar-refractivity contribution in [1.82, 2.24) is 9.97 Å². The first-order chi connectivity index (χ1) is 8.81. The summed E-state index contributed by atoms with van der Waals surface area (Å²) in [5, 5.41) is 8.73. The average molecular weight is 303 g/mol. The summed E-state index contributed by atoms with van der Waals surface area (Å²) in [6.45, 7) is 0.572. The Balaban J connectivity index is 2.31. The van der Waals surface area contributed by atoms with E-state index >= 15 is 0 Å². The number of anilines is 2. The van der Waals surface area contributed by atoms with E-state index in [2.05, 4.69) is 32.0 Å². The quantitative estimate of drug-likeness (QED) is 0.869. The van der Waals surface area contributed by atoms with E-state index in [0.717, 1.165) is 10.2 Å². The maximum atomic E-state index is 8.73. The largest absolute Gasteiger partial charge is 0.310 e. The van der Waals surface area contributed by atoms with E-state index in [0.29, 0.717) is 18.9 Å². The molecule has 0 aliphatic carbocycles. The van der Waals surface area contributed by atoms with E-state index in [-0.39, 0.29) is 0 Å². The van der Waals surface area contributed by atoms with Gasteiger partial charge < -0.3 is 4.90 Å². The van der Waals surface area contributed by atoms with Crippen LogP contribution in [0.5, 0.6) is 0 Å². The smallest absolute Gasteiger partial charge is 0.229 e. The van der Waals surface area contributed by atoms with E-state index in [4.69, 9.17) is 5.26 Å². The first-order valence-corrected chi connectivity index (χ1v) is 6.27. The highest BCUT2D eigenvalue weighted by molar-refractivity contribution is 9.10. The Bertz CT molecular complexity index is 533. The first-order valence-electron chi connectivity index (χ1n) is 5.48. The van der Waals surface area contributed by atoms with E-state index < -0.39 is 0 Å². The van der Waals surface area contributed by atoms with Crippen molar-refractivity contribution in [2.45, 2.75) is 6.42 Å². The molecule has 0 amide bonds. The number of benzene rings is 1. The number of hydrogen-bond acceptors (Lipinski definition) is 4. The van der Waals surface area contributed by atoms with Crippen LogP contribution in [-0.2, 0) is 0 Å². The van der Waals surface area contributed by atoms with Crippen LogP contribution in [0.1, 0.15) is 6.42 Å². The summed E-state index contributed by atoms with van der Waals surface area (Å²) >= 11 is 3.31. The maximum Gasteiger partial charge on any atom is 0.229 e. The van der Waals surface area contributed by atoms with E-state index in [1.807, 2.05) is 35.2 Å². The molecule has 0 spiro atoms. The van der Waals surface area contributed by atoms with Gasteiger partial charge in [-0.2, -0.15) is 5.26 Å². The third kappa shape index (κ3) is 3.05. The van der Waals surface area contributed by atoms with Crippen molar-refractivity contribution in [2.24, 2.45) is 0 Å². The lowest BCUT2D eigenvalue weighted by Gasteiger charge is -2.21. The fourth-order valence-corrected chi connectivity index (χ4v) is 1.76. The second-order valence-electron chi connectivity index (χ2n) is 3.60. The number of rotatable bonds is 4. The van der Waals surface area contributed by atoms with Gasteiger partial charge in [-0.15, -0.1) is 0 Å². The number of nitriles is 1. The molecule has 0 saturated carbocycles. The van der Waals surface area contributed by atoms with Gasteiger partial charge in [0.25, 0.3) is 0 Å². The third-order valence-electron chi connectivity index (χ3n) is 2.36. The van der Waals surface area contributed by atoms with Gasteiger partial charge in [0, 0.05) is 24.6 Å². The second-order valence-corrected chi connectivity index (χ2v) is 4.51. The Morgan fingerprint density at radius 2 is 1.83 bits per heavy atom. The van der Waals surface area contributed by atoms with E-state index in [1.165, 1.54) is 0 Å². The molecule has 0 saturated heterocycles. The molecule has 0 N–H and O–H groups in total. The highest BCUT2D eigenvalue weighted by Gasteiger charge is 2.11. The maximum absolute atomic E-state index is 8.73. The fourth-order valence-electron chi connectivity index (χ4n) is 1.56. The molecule has 0 unspecified atom stereocenters. The van der Waals surface area contributed by atoms with Gasteiger partial charge in [0.1, 0.15) is 0 Å². The molecule has 0 aliphatic heterocycles. The van der Waals surface area contributed by atoms with Gasteiger partial charge in [0.15, 0.2) is 0 Å². The predicted molar refractivity (Wildman–Crippen MR) is 73.4 cm³/mol. The standard InChI is InChI=1S/C13H11BrN4/c14-11-9-16-13(17-10-11)18(8-4-7-15)12-5-2-1-3-6-12/h1-3,5-6,9-10H,4,8H2. The minimum atomic E-state index is 0.425. The van der Waals surface area contributed by atoms with Crippen LogP contribution in [0.15, 0.2) is 47.2 Å². The summed E-state index contributed by atoms with van der Waals surface area (Å²) in [6, 6.07) is 11.9. The molecule has 4 nitrogen and oxygen atoms in total. The van der Waals surface area contributed by atoms with Crippen LogP contribution >= 0.6 is 15.9 Å². The van der Waals surface area contributed by atoms with Crippen molar-refractivity contribution in [3.05, 3.63) is 47.2 Å². The Morgan fingerprint density at radius 1 is 1.17 bits per heavy atom. The van der Waals surface area contributed by atoms with E-state index in [9.17, 15) is 0 Å². The second kappa shape index (κ2) is 6.12. The Hall–Kier alpha value is -1.93. The SMILES string of the molecule is N#CCCN(c1ccccc1)c1ncc(Br)cn1. The van der Waals surface area contributed by atoms with Crippen LogP contribution in [-0.4, -0.2) is 16.5 Å². The summed E-state index contributed by atoms with van der Waals surface area (Å²) in [6.07, 6.45) is 3.82. The molecule has 90 valence electrons. The summed E-state index contributed by atoms with van der Waals surface area (Å²) in [5.74, 6) is 0.597. The van der Waals surface area contributed by atoms with Crippen LogP contribution in [0.25, 0.3) is 0 Å². The summed E-state index contributed by atoms with van der Waals surface area (Å²) in [4.78, 5) is 10.5. The average Bonchev–Trinajstić information content (AvgIpc) is 2.42. The molecular formula is C13H11BrN4. The molecule has 2 aromatic rings. The van der Waals surface area contributed by atoms with Crippen LogP contribution in [0.3, 0.4) is 0 Å². The van der Waals surface area contributed by atoms with Crippen LogP contribution in [0.2, 0.25) is 0 Å². The monoisotopic (exact) mass is 302 g/mol. The number of hydrogen-bond donors (Lipinski definition) is 0. The van der Waals surface area contributed by atoms with Gasteiger partial charge in [0.2, 0.25) is 5.95 Å². The number of para-hydroxylation sites is 1. The Morgan fingerprint density at radius 3 is 2.44 bits per heavy atom. The molecule has 18 heavy (non-hydrogen) atoms. The van der Waals surface area contributed by atoms with Gasteiger partial charge in [-0.05, 0) is 28.1 Å². The van der Waals surface area contributed by atoms with Crippen molar-refractivity contribution < 1.29 is 0 Å². The van der Waals surface area contributed by atoms with Gasteiger partial charge in [-0.1, -0.05) is 18.2 Å². The number of halogens is 1. The summed E-state index contributed by atoms with van der Waals surface area (Å²) in [7, 11) is 0. The van der Waals surface area contributed by atoms with Crippen LogP contribution < -0.4 is 4.90 Å². The van der Waals surface area contributed by atoms with Gasteiger partial charge in [0.05, 0.1) is 17.0 Å². The summed E-state index contributed by atoms with van der Waals surface area (Å²) < 4.78 is 0.833. The highest BCUT2D eigenvalue weighted by Crippen LogP contribution is 2.22. The zero-order chi connectivity index (χ0) is 12.8. The predicted octanol–water partition coefficient (Wildman–Crippen LogP) is 3.29. The van der Waals surface area contributed by atoms with Crippen molar-refractivity contribution in [2.75, 3.05) is 11.4 Å². The van der Waals surface area contributed by atoms with E-state index in [1.54, 1.807) is 12.4 Å². The molecule has 2 rings (SSSR count). The van der Waals surface area contributed by atoms with Crippen LogP contribution in [0.4, 0.5) is 11.6 Å². The van der Waals surface area contributed by atoms with Gasteiger partial charge >= 0.3 is 0 Å². The van der Waals surface area contributed by atoms with Crippen molar-refractivity contribution >= 4 is 27.6 Å². The molecular weight excluding hydrogens is 292 g/mol. The molecule has 0 radical (unpaired) electrons. The summed E-state index contributed by atoms with van der Waals surface area (Å²) in [5.41, 5.74) is 0.982. The molecule has 1 aromatic carbocycles. The van der Waals surface area contributed by atoms with Crippen molar-refractivity contribution in [3.63, 3.8) is 0 Å². The van der Waals surface area contributed by atoms with Gasteiger partial charge in [-0.25, -0.2) is 9.97 Å². The molecule has 0 aliphatic rings. The Kier molecular flexibility index (Phi) is 4.26. The fraction of sp³-hybridized carbons (Fsp3) is 0.154. The lowest BCUT2D eigenvalue weighted by Crippen LogP contribution is -2.20. The minimum absolute atomic E-state index is 0.425. The normalized spacial score (nSPS) is 9.78. The first kappa shape index (κ1) is 12.5. The van der Waals surface area contributed by atoms with Crippen LogP contribution in [0, 0.1) is 11.3 Å². The van der Waals surface area contributed by atoms with Crippen molar-refractivity contribution in [3.8, 4) is 6.07 Å². The zero-order valence-corrected chi connectivity index (χ0v) is 11.2. The molecule has 0 fully saturated rings. The topological polar surface area (TPSA) is 52.8 Å². The third-order valence-corrected chi connectivity index (χ3v) is 2.77. The number of aromatic nitrogens is 2. The Labute approximate surface area is 114 Å². The lowest BCUT2D eigenvalue weighted by molar-refractivity contribution is 0.896. The zero-order valence-electron chi connectivity index (χ0n) is 9.62. The molecule has 1 heterocycles. The van der Waals surface area contributed by atoms with Crippen molar-refractivity contribution in [1.29, 1.82) is 5.26 Å². The number of nitrogens with zero attached hydrogens (tertiary/aromatic N) is 4. The molecule has 5 heteroatoms. The lowest BCUT2D eigenvalue weighted by atomic mass is 10.3.